The molecule has 2 fully saturated rings. The van der Waals surface area contributed by atoms with Gasteiger partial charge in [-0.25, -0.2) is 0 Å². The van der Waals surface area contributed by atoms with Gasteiger partial charge in [0.15, 0.2) is 6.04 Å². The van der Waals surface area contributed by atoms with Crippen LogP contribution in [0.5, 0.6) is 0 Å². The molecule has 0 spiro atoms. The lowest BCUT2D eigenvalue weighted by Gasteiger charge is -2.22. The average Bonchev–Trinajstić information content (AvgIpc) is 3.19. The maximum Gasteiger partial charge on any atom is 0.205 e. The molecule has 3 nitrogen and oxygen atoms in total. The van der Waals surface area contributed by atoms with Crippen LogP contribution in [0.4, 0.5) is 0 Å². The summed E-state index contributed by atoms with van der Waals surface area (Å²) < 4.78 is 2.01. The molecule has 4 atom stereocenters. The predicted octanol–water partition coefficient (Wildman–Crippen LogP) is 2.28. The van der Waals surface area contributed by atoms with E-state index in [2.05, 4.69) is 36.3 Å². The summed E-state index contributed by atoms with van der Waals surface area (Å²) in [6.07, 6.45) is 7.89. The Hall–Kier alpha value is -1.90. The van der Waals surface area contributed by atoms with Crippen molar-refractivity contribution in [2.24, 2.45) is 22.9 Å². The Kier molecular flexibility index (Phi) is 2.95. The Balaban J connectivity index is 1.64. The minimum atomic E-state index is 0.111. The molecule has 4 rings (SSSR count). The molecule has 3 heteroatoms. The van der Waals surface area contributed by atoms with Gasteiger partial charge in [-0.1, -0.05) is 35.0 Å². The van der Waals surface area contributed by atoms with E-state index in [0.717, 1.165) is 5.71 Å². The van der Waals surface area contributed by atoms with Crippen molar-refractivity contribution < 1.29 is 9.79 Å². The highest BCUT2D eigenvalue weighted by Crippen LogP contribution is 2.51. The highest BCUT2D eigenvalue weighted by molar-refractivity contribution is 5.93. The van der Waals surface area contributed by atoms with Crippen LogP contribution in [0.3, 0.4) is 0 Å². The molecule has 1 aromatic rings. The van der Waals surface area contributed by atoms with Gasteiger partial charge < -0.3 is 5.11 Å². The second-order valence-electron chi connectivity index (χ2n) is 6.52. The molecule has 0 aromatic heterocycles. The van der Waals surface area contributed by atoms with Gasteiger partial charge in [0.2, 0.25) is 5.71 Å². The van der Waals surface area contributed by atoms with E-state index < -0.39 is 0 Å². The van der Waals surface area contributed by atoms with E-state index in [1.54, 1.807) is 0 Å². The number of fused-ring (bicyclic) bond motifs is 5. The molecule has 0 saturated heterocycles. The second-order valence-corrected chi connectivity index (χ2v) is 6.52. The fraction of sp³-hybridized carbons (Fsp3) is 0.444. The van der Waals surface area contributed by atoms with Crippen molar-refractivity contribution in [1.29, 1.82) is 0 Å². The maximum atomic E-state index is 12.2. The lowest BCUT2D eigenvalue weighted by molar-refractivity contribution is -0.573. The zero-order chi connectivity index (χ0) is 14.4. The van der Waals surface area contributed by atoms with Crippen LogP contribution in [-0.2, 0) is 0 Å². The van der Waals surface area contributed by atoms with Crippen LogP contribution >= 0.6 is 0 Å². The third-order valence-electron chi connectivity index (χ3n) is 5.32. The molecule has 2 aliphatic carbocycles. The van der Waals surface area contributed by atoms with Gasteiger partial charge in [-0.2, -0.15) is 0 Å². The number of benzene rings is 1. The van der Waals surface area contributed by atoms with Crippen molar-refractivity contribution in [3.8, 4) is 0 Å². The summed E-state index contributed by atoms with van der Waals surface area (Å²) in [5.74, 6) is 1.53. The zero-order valence-corrected chi connectivity index (χ0v) is 12.3. The van der Waals surface area contributed by atoms with Crippen LogP contribution in [0.15, 0.2) is 41.5 Å². The van der Waals surface area contributed by atoms with E-state index >= 15 is 0 Å². The molecule has 3 aliphatic rings. The summed E-state index contributed by atoms with van der Waals surface area (Å²) in [5.41, 5.74) is 2.25. The molecular formula is C18H20N2O. The molecule has 0 amide bonds. The predicted molar refractivity (Wildman–Crippen MR) is 82.0 cm³/mol. The number of allylic oxidation sites excluding steroid dienone is 1. The molecule has 2 bridgehead atoms. The van der Waals surface area contributed by atoms with Crippen molar-refractivity contribution in [3.05, 3.63) is 42.0 Å². The monoisotopic (exact) mass is 280 g/mol. The molecular weight excluding hydrogens is 260 g/mol. The van der Waals surface area contributed by atoms with Gasteiger partial charge in [-0.3, -0.25) is 0 Å². The van der Waals surface area contributed by atoms with Gasteiger partial charge in [-0.05, 0) is 41.9 Å². The van der Waals surface area contributed by atoms with Crippen molar-refractivity contribution >= 4 is 17.7 Å². The Morgan fingerprint density at radius 3 is 2.81 bits per heavy atom. The largest absolute Gasteiger partial charge is 0.857 e. The molecule has 0 radical (unpaired) electrons. The highest BCUT2D eigenvalue weighted by atomic mass is 16.3. The van der Waals surface area contributed by atoms with Gasteiger partial charge in [0.1, 0.15) is 0 Å². The molecule has 1 aromatic carbocycles. The van der Waals surface area contributed by atoms with Crippen LogP contribution < -0.4 is 5.11 Å². The number of hydrazone groups is 1. The zero-order valence-electron chi connectivity index (χ0n) is 12.3. The molecule has 2 saturated carbocycles. The normalized spacial score (nSPS) is 36.1. The lowest BCUT2D eigenvalue weighted by Crippen LogP contribution is -2.38. The van der Waals surface area contributed by atoms with E-state index in [1.165, 1.54) is 24.8 Å². The van der Waals surface area contributed by atoms with E-state index in [-0.39, 0.29) is 11.8 Å². The van der Waals surface area contributed by atoms with Gasteiger partial charge in [0, 0.05) is 24.8 Å². The van der Waals surface area contributed by atoms with E-state index in [4.69, 9.17) is 0 Å². The second kappa shape index (κ2) is 4.83. The standard InChI is InChI=1S/C18H20N2O/c1-12(7-8-13-5-3-2-4-6-13)20-17-15-10-9-14(11-15)16(17)18(21)19-20/h2-8,14-17H,9-11H2,1H3. The fourth-order valence-corrected chi connectivity index (χ4v) is 4.37. The number of hydrogen-bond donors (Lipinski definition) is 0. The highest BCUT2D eigenvalue weighted by Gasteiger charge is 2.57. The first-order valence-corrected chi connectivity index (χ1v) is 7.85. The molecule has 1 aliphatic heterocycles. The van der Waals surface area contributed by atoms with Gasteiger partial charge in [0.05, 0.1) is 5.92 Å². The summed E-state index contributed by atoms with van der Waals surface area (Å²) in [6, 6.07) is 10.6. The quantitative estimate of drug-likeness (QED) is 0.766. The van der Waals surface area contributed by atoms with Crippen LogP contribution in [-0.4, -0.2) is 22.3 Å². The Morgan fingerprint density at radius 1 is 1.24 bits per heavy atom. The SMILES string of the molecule is CC(C=Cc1ccccc1)=[N+]1N=C([O-])C2C3CCC(C3)C21. The van der Waals surface area contributed by atoms with Crippen molar-refractivity contribution in [2.75, 3.05) is 0 Å². The van der Waals surface area contributed by atoms with Gasteiger partial charge in [0.25, 0.3) is 0 Å². The lowest BCUT2D eigenvalue weighted by atomic mass is 9.85. The Morgan fingerprint density at radius 2 is 2.00 bits per heavy atom. The van der Waals surface area contributed by atoms with E-state index in [0.29, 0.717) is 17.9 Å². The van der Waals surface area contributed by atoms with Crippen LogP contribution in [0, 0.1) is 17.8 Å². The first kappa shape index (κ1) is 12.8. The molecule has 21 heavy (non-hydrogen) atoms. The fourth-order valence-electron chi connectivity index (χ4n) is 4.37. The first-order chi connectivity index (χ1) is 10.2. The number of nitrogens with zero attached hydrogens (tertiary/aromatic N) is 2. The van der Waals surface area contributed by atoms with Gasteiger partial charge >= 0.3 is 0 Å². The summed E-state index contributed by atoms with van der Waals surface area (Å²) in [6.45, 7) is 2.06. The van der Waals surface area contributed by atoms with Crippen LogP contribution in [0.1, 0.15) is 31.7 Å². The minimum Gasteiger partial charge on any atom is -0.857 e. The van der Waals surface area contributed by atoms with E-state index in [1.807, 2.05) is 22.9 Å². The molecule has 4 unspecified atom stereocenters. The maximum absolute atomic E-state index is 12.2. The topological polar surface area (TPSA) is 38.4 Å². The average molecular weight is 280 g/mol. The van der Waals surface area contributed by atoms with Gasteiger partial charge in [-0.15, -0.1) is 0 Å². The third-order valence-corrected chi connectivity index (χ3v) is 5.32. The Bertz CT molecular complexity index is 644. The van der Waals surface area contributed by atoms with Crippen LogP contribution in [0.2, 0.25) is 0 Å². The summed E-state index contributed by atoms with van der Waals surface area (Å²) in [7, 11) is 0. The molecule has 0 N–H and O–H groups in total. The smallest absolute Gasteiger partial charge is 0.205 e. The third kappa shape index (κ3) is 2.03. The van der Waals surface area contributed by atoms with Crippen molar-refractivity contribution in [3.63, 3.8) is 0 Å². The Labute approximate surface area is 125 Å². The number of rotatable bonds is 2. The molecule has 1 heterocycles. The summed E-state index contributed by atoms with van der Waals surface area (Å²) in [5, 5.41) is 16.5. The van der Waals surface area contributed by atoms with Crippen LogP contribution in [0.25, 0.3) is 6.08 Å². The van der Waals surface area contributed by atoms with Crippen molar-refractivity contribution in [1.82, 2.24) is 0 Å². The van der Waals surface area contributed by atoms with Crippen molar-refractivity contribution in [2.45, 2.75) is 32.2 Å². The summed E-state index contributed by atoms with van der Waals surface area (Å²) in [4.78, 5) is 0. The minimum absolute atomic E-state index is 0.111. The molecule has 108 valence electrons. The number of hydrogen-bond acceptors (Lipinski definition) is 2. The van der Waals surface area contributed by atoms with E-state index in [9.17, 15) is 5.11 Å². The first-order valence-electron chi connectivity index (χ1n) is 7.85. The summed E-state index contributed by atoms with van der Waals surface area (Å²) >= 11 is 0.